The van der Waals surface area contributed by atoms with Crippen molar-refractivity contribution in [3.05, 3.63) is 35.6 Å². The van der Waals surface area contributed by atoms with E-state index in [9.17, 15) is 4.39 Å². The number of thioether (sulfide) groups is 1. The highest BCUT2D eigenvalue weighted by Crippen LogP contribution is 2.14. The zero-order chi connectivity index (χ0) is 17.2. The van der Waals surface area contributed by atoms with Crippen molar-refractivity contribution in [2.75, 3.05) is 38.7 Å². The second-order valence-corrected chi connectivity index (χ2v) is 7.15. The number of hydrogen-bond acceptors (Lipinski definition) is 3. The van der Waals surface area contributed by atoms with Gasteiger partial charge in [0.1, 0.15) is 5.82 Å². The second-order valence-electron chi connectivity index (χ2n) is 6.17. The topological polar surface area (TPSA) is 39.7 Å². The van der Waals surface area contributed by atoms with Crippen molar-refractivity contribution in [2.45, 2.75) is 31.8 Å². The Morgan fingerprint density at radius 2 is 1.96 bits per heavy atom. The fraction of sp³-hybridized carbons (Fsp3) is 0.611. The molecule has 1 aromatic rings. The first kappa shape index (κ1) is 22.5. The molecule has 4 nitrogen and oxygen atoms in total. The molecule has 1 aromatic carbocycles. The zero-order valence-corrected chi connectivity index (χ0v) is 18.3. The lowest BCUT2D eigenvalue weighted by Gasteiger charge is -2.33. The van der Waals surface area contributed by atoms with E-state index in [1.54, 1.807) is 0 Å². The monoisotopic (exact) mass is 480 g/mol. The first-order chi connectivity index (χ1) is 11.7. The largest absolute Gasteiger partial charge is 0.356 e. The molecule has 25 heavy (non-hydrogen) atoms. The molecule has 0 radical (unpaired) electrons. The molecule has 142 valence electrons. The maximum Gasteiger partial charge on any atom is 0.191 e. The molecule has 1 aliphatic heterocycles. The summed E-state index contributed by atoms with van der Waals surface area (Å²) in [4.78, 5) is 6.74. The average Bonchev–Trinajstić information content (AvgIpc) is 2.61. The molecule has 1 heterocycles. The summed E-state index contributed by atoms with van der Waals surface area (Å²) in [6.07, 6.45) is 5.49. The minimum Gasteiger partial charge on any atom is -0.356 e. The molecule has 2 rings (SSSR count). The van der Waals surface area contributed by atoms with Gasteiger partial charge in [-0.3, -0.25) is 9.89 Å². The lowest BCUT2D eigenvalue weighted by molar-refractivity contribution is 0.198. The van der Waals surface area contributed by atoms with Gasteiger partial charge in [0.2, 0.25) is 0 Å². The molecular weight excluding hydrogens is 450 g/mol. The number of aliphatic imine (C=N–C) groups is 1. The summed E-state index contributed by atoms with van der Waals surface area (Å²) in [5, 5.41) is 6.91. The smallest absolute Gasteiger partial charge is 0.191 e. The van der Waals surface area contributed by atoms with Gasteiger partial charge in [-0.2, -0.15) is 11.8 Å². The van der Waals surface area contributed by atoms with E-state index in [0.717, 1.165) is 51.4 Å². The average molecular weight is 480 g/mol. The van der Waals surface area contributed by atoms with Crippen molar-refractivity contribution >= 4 is 41.7 Å². The van der Waals surface area contributed by atoms with Crippen LogP contribution in [0, 0.1) is 5.82 Å². The van der Waals surface area contributed by atoms with Gasteiger partial charge in [-0.1, -0.05) is 12.1 Å². The zero-order valence-electron chi connectivity index (χ0n) is 15.1. The van der Waals surface area contributed by atoms with Crippen LogP contribution >= 0.6 is 35.7 Å². The Morgan fingerprint density at radius 3 is 2.56 bits per heavy atom. The lowest BCUT2D eigenvalue weighted by atomic mass is 10.0. The number of guanidine groups is 1. The van der Waals surface area contributed by atoms with Gasteiger partial charge >= 0.3 is 0 Å². The minimum absolute atomic E-state index is 0. The van der Waals surface area contributed by atoms with Crippen LogP contribution < -0.4 is 10.6 Å². The van der Waals surface area contributed by atoms with Gasteiger partial charge in [0, 0.05) is 39.3 Å². The van der Waals surface area contributed by atoms with Crippen LogP contribution in [-0.2, 0) is 6.54 Å². The normalized spacial score (nSPS) is 16.4. The van der Waals surface area contributed by atoms with Crippen LogP contribution in [0.15, 0.2) is 29.3 Å². The van der Waals surface area contributed by atoms with Crippen molar-refractivity contribution < 1.29 is 4.39 Å². The predicted octanol–water partition coefficient (Wildman–Crippen LogP) is 3.33. The highest BCUT2D eigenvalue weighted by molar-refractivity contribution is 14.0. The number of halogens is 2. The third kappa shape index (κ3) is 8.59. The highest BCUT2D eigenvalue weighted by atomic mass is 127. The summed E-state index contributed by atoms with van der Waals surface area (Å²) in [5.41, 5.74) is 1.18. The molecule has 0 unspecified atom stereocenters. The summed E-state index contributed by atoms with van der Waals surface area (Å²) in [6.45, 7) is 3.97. The number of benzene rings is 1. The van der Waals surface area contributed by atoms with Gasteiger partial charge in [0.15, 0.2) is 5.96 Å². The number of nitrogens with one attached hydrogen (secondary N) is 2. The van der Waals surface area contributed by atoms with Gasteiger partial charge in [0.25, 0.3) is 0 Å². The SMILES string of the molecule is CN=C(NCCCSC)NC1CCN(Cc2ccc(F)cc2)CC1.I. The molecule has 0 saturated carbocycles. The summed E-state index contributed by atoms with van der Waals surface area (Å²) < 4.78 is 13.0. The Labute approximate surface area is 172 Å². The van der Waals surface area contributed by atoms with Gasteiger partial charge in [-0.15, -0.1) is 24.0 Å². The molecular formula is C18H30FIN4S. The third-order valence-corrected chi connectivity index (χ3v) is 4.99. The minimum atomic E-state index is -0.168. The molecule has 2 N–H and O–H groups in total. The molecule has 1 saturated heterocycles. The number of piperidine rings is 1. The predicted molar refractivity (Wildman–Crippen MR) is 118 cm³/mol. The Hall–Kier alpha value is -0.540. The van der Waals surface area contributed by atoms with E-state index >= 15 is 0 Å². The van der Waals surface area contributed by atoms with Gasteiger partial charge < -0.3 is 10.6 Å². The molecule has 7 heteroatoms. The third-order valence-electron chi connectivity index (χ3n) is 4.29. The summed E-state index contributed by atoms with van der Waals surface area (Å²) in [6, 6.07) is 7.30. The van der Waals surface area contributed by atoms with E-state index in [1.165, 1.54) is 23.4 Å². The summed E-state index contributed by atoms with van der Waals surface area (Å²) in [5.74, 6) is 1.91. The van der Waals surface area contributed by atoms with Crippen LogP contribution in [0.2, 0.25) is 0 Å². The maximum absolute atomic E-state index is 13.0. The fourth-order valence-corrected chi connectivity index (χ4v) is 3.33. The van der Waals surface area contributed by atoms with Crippen molar-refractivity contribution in [3.63, 3.8) is 0 Å². The highest BCUT2D eigenvalue weighted by Gasteiger charge is 2.19. The lowest BCUT2D eigenvalue weighted by Crippen LogP contribution is -2.48. The molecule has 0 atom stereocenters. The van der Waals surface area contributed by atoms with Crippen molar-refractivity contribution in [3.8, 4) is 0 Å². The first-order valence-corrected chi connectivity index (χ1v) is 10.0. The molecule has 1 fully saturated rings. The van der Waals surface area contributed by atoms with E-state index in [1.807, 2.05) is 30.9 Å². The molecule has 0 bridgehead atoms. The Morgan fingerprint density at radius 1 is 1.28 bits per heavy atom. The van der Waals surface area contributed by atoms with E-state index in [2.05, 4.69) is 26.8 Å². The second kappa shape index (κ2) is 12.8. The Balaban J connectivity index is 0.00000312. The van der Waals surface area contributed by atoms with Crippen molar-refractivity contribution in [1.29, 1.82) is 0 Å². The van der Waals surface area contributed by atoms with E-state index < -0.39 is 0 Å². The van der Waals surface area contributed by atoms with Gasteiger partial charge in [0.05, 0.1) is 0 Å². The van der Waals surface area contributed by atoms with Crippen molar-refractivity contribution in [2.24, 2.45) is 4.99 Å². The number of rotatable bonds is 7. The van der Waals surface area contributed by atoms with E-state index in [4.69, 9.17) is 0 Å². The molecule has 0 amide bonds. The van der Waals surface area contributed by atoms with Gasteiger partial charge in [-0.05, 0) is 49.0 Å². The molecule has 1 aliphatic rings. The molecule has 0 aromatic heterocycles. The summed E-state index contributed by atoms with van der Waals surface area (Å²) in [7, 11) is 1.83. The van der Waals surface area contributed by atoms with Gasteiger partial charge in [-0.25, -0.2) is 4.39 Å². The quantitative estimate of drug-likeness (QED) is 0.272. The Kier molecular flexibility index (Phi) is 11.5. The van der Waals surface area contributed by atoms with E-state index in [0.29, 0.717) is 6.04 Å². The van der Waals surface area contributed by atoms with Crippen LogP contribution in [0.25, 0.3) is 0 Å². The molecule has 0 spiro atoms. The van der Waals surface area contributed by atoms with Crippen LogP contribution in [0.5, 0.6) is 0 Å². The Bertz CT molecular complexity index is 504. The number of hydrogen-bond donors (Lipinski definition) is 2. The maximum atomic E-state index is 13.0. The number of likely N-dealkylation sites (tertiary alicyclic amines) is 1. The van der Waals surface area contributed by atoms with Crippen LogP contribution in [0.3, 0.4) is 0 Å². The van der Waals surface area contributed by atoms with Crippen LogP contribution in [0.4, 0.5) is 4.39 Å². The number of nitrogens with zero attached hydrogens (tertiary/aromatic N) is 2. The van der Waals surface area contributed by atoms with Crippen LogP contribution in [-0.4, -0.2) is 55.6 Å². The van der Waals surface area contributed by atoms with E-state index in [-0.39, 0.29) is 29.8 Å². The standard InChI is InChI=1S/C18H29FN4S.HI/c1-20-18(21-10-3-13-24-2)22-17-8-11-23(12-9-17)14-15-4-6-16(19)7-5-15;/h4-7,17H,3,8-14H2,1-2H3,(H2,20,21,22);1H. The summed E-state index contributed by atoms with van der Waals surface area (Å²) >= 11 is 1.87. The molecule has 0 aliphatic carbocycles. The first-order valence-electron chi connectivity index (χ1n) is 8.64. The fourth-order valence-electron chi connectivity index (χ4n) is 2.89. The van der Waals surface area contributed by atoms with Crippen molar-refractivity contribution in [1.82, 2.24) is 15.5 Å². The van der Waals surface area contributed by atoms with Crippen LogP contribution in [0.1, 0.15) is 24.8 Å².